The SMILES string of the molecule is O=c1[nH]c(=O)n(Cc2cccs2)c(O)c1C=C1C=Nc2ccc(Br)cc21. The molecule has 3 aromatic rings. The molecule has 1 aliphatic rings. The number of nitrogens with one attached hydrogen (secondary N) is 1. The summed E-state index contributed by atoms with van der Waals surface area (Å²) in [6.45, 7) is 0.186. The number of H-pyrrole nitrogens is 1. The third kappa shape index (κ3) is 2.97. The molecule has 4 rings (SSSR count). The van der Waals surface area contributed by atoms with Gasteiger partial charge in [-0.1, -0.05) is 22.0 Å². The van der Waals surface area contributed by atoms with E-state index in [4.69, 9.17) is 0 Å². The van der Waals surface area contributed by atoms with Gasteiger partial charge < -0.3 is 5.11 Å². The summed E-state index contributed by atoms with van der Waals surface area (Å²) in [4.78, 5) is 31.8. The molecule has 0 spiro atoms. The molecule has 0 radical (unpaired) electrons. The average molecular weight is 430 g/mol. The number of aliphatic imine (C=N–C) groups is 1. The third-order valence-electron chi connectivity index (χ3n) is 4.01. The summed E-state index contributed by atoms with van der Waals surface area (Å²) in [7, 11) is 0. The smallest absolute Gasteiger partial charge is 0.331 e. The van der Waals surface area contributed by atoms with E-state index in [1.165, 1.54) is 11.3 Å². The van der Waals surface area contributed by atoms with Crippen molar-refractivity contribution in [3.8, 4) is 5.88 Å². The lowest BCUT2D eigenvalue weighted by atomic mass is 10.1. The molecule has 6 nitrogen and oxygen atoms in total. The van der Waals surface area contributed by atoms with E-state index in [0.29, 0.717) is 5.57 Å². The van der Waals surface area contributed by atoms with Crippen molar-refractivity contribution in [2.45, 2.75) is 6.54 Å². The number of fused-ring (bicyclic) bond motifs is 1. The van der Waals surface area contributed by atoms with Crippen LogP contribution in [0, 0.1) is 0 Å². The molecule has 130 valence electrons. The number of halogens is 1. The van der Waals surface area contributed by atoms with Gasteiger partial charge >= 0.3 is 5.69 Å². The first-order valence-corrected chi connectivity index (χ1v) is 9.34. The van der Waals surface area contributed by atoms with Gasteiger partial charge in [0.25, 0.3) is 5.56 Å². The Labute approximate surface area is 159 Å². The Morgan fingerprint density at radius 1 is 1.31 bits per heavy atom. The van der Waals surface area contributed by atoms with Gasteiger partial charge in [0.1, 0.15) is 5.56 Å². The number of hydrogen-bond acceptors (Lipinski definition) is 5. The zero-order valence-electron chi connectivity index (χ0n) is 13.3. The number of rotatable bonds is 3. The van der Waals surface area contributed by atoms with Crippen LogP contribution in [0.2, 0.25) is 0 Å². The fourth-order valence-corrected chi connectivity index (χ4v) is 3.80. The molecule has 8 heteroatoms. The topological polar surface area (TPSA) is 87.5 Å². The van der Waals surface area contributed by atoms with Crippen LogP contribution in [-0.4, -0.2) is 20.9 Å². The maximum Gasteiger partial charge on any atom is 0.331 e. The fraction of sp³-hybridized carbons (Fsp3) is 0.0556. The maximum absolute atomic E-state index is 12.3. The molecule has 0 aliphatic carbocycles. The van der Waals surface area contributed by atoms with Crippen LogP contribution in [0.1, 0.15) is 16.0 Å². The van der Waals surface area contributed by atoms with Crippen molar-refractivity contribution in [1.29, 1.82) is 0 Å². The maximum atomic E-state index is 12.3. The Morgan fingerprint density at radius 3 is 2.92 bits per heavy atom. The molecule has 2 N–H and O–H groups in total. The van der Waals surface area contributed by atoms with E-state index in [1.807, 2.05) is 35.7 Å². The van der Waals surface area contributed by atoms with Crippen LogP contribution in [-0.2, 0) is 6.54 Å². The Bertz CT molecular complexity index is 1170. The van der Waals surface area contributed by atoms with Gasteiger partial charge in [-0.05, 0) is 35.7 Å². The van der Waals surface area contributed by atoms with E-state index in [1.54, 1.807) is 12.3 Å². The number of aromatic hydroxyl groups is 1. The molecule has 0 saturated carbocycles. The van der Waals surface area contributed by atoms with Crippen LogP contribution in [0.5, 0.6) is 5.88 Å². The van der Waals surface area contributed by atoms with Crippen LogP contribution < -0.4 is 11.2 Å². The highest BCUT2D eigenvalue weighted by Gasteiger charge is 2.17. The summed E-state index contributed by atoms with van der Waals surface area (Å²) in [5.74, 6) is -0.364. The van der Waals surface area contributed by atoms with E-state index in [9.17, 15) is 14.7 Å². The van der Waals surface area contributed by atoms with E-state index in [-0.39, 0.29) is 18.0 Å². The van der Waals surface area contributed by atoms with Crippen molar-refractivity contribution in [2.75, 3.05) is 0 Å². The molecular weight excluding hydrogens is 418 g/mol. The second kappa shape index (κ2) is 6.54. The summed E-state index contributed by atoms with van der Waals surface area (Å²) in [6.07, 6.45) is 3.17. The van der Waals surface area contributed by atoms with Gasteiger partial charge in [0, 0.05) is 26.7 Å². The predicted molar refractivity (Wildman–Crippen MR) is 107 cm³/mol. The molecule has 2 aromatic heterocycles. The van der Waals surface area contributed by atoms with Crippen molar-refractivity contribution in [3.63, 3.8) is 0 Å². The van der Waals surface area contributed by atoms with Crippen molar-refractivity contribution >= 4 is 50.8 Å². The lowest BCUT2D eigenvalue weighted by molar-refractivity contribution is 0.408. The number of thiophene rings is 1. The third-order valence-corrected chi connectivity index (χ3v) is 5.37. The molecule has 0 atom stereocenters. The minimum atomic E-state index is -0.647. The summed E-state index contributed by atoms with van der Waals surface area (Å²) >= 11 is 4.88. The molecule has 1 aliphatic heterocycles. The average Bonchev–Trinajstić information content (AvgIpc) is 3.25. The van der Waals surface area contributed by atoms with E-state index in [0.717, 1.165) is 25.2 Å². The number of aromatic nitrogens is 2. The Hall–Kier alpha value is -2.71. The quantitative estimate of drug-likeness (QED) is 0.668. The van der Waals surface area contributed by atoms with Crippen LogP contribution >= 0.6 is 27.3 Å². The molecule has 0 unspecified atom stereocenters. The number of nitrogens with zero attached hydrogens (tertiary/aromatic N) is 2. The van der Waals surface area contributed by atoms with Crippen molar-refractivity contribution in [3.05, 3.63) is 77.0 Å². The lowest BCUT2D eigenvalue weighted by Crippen LogP contribution is -2.31. The lowest BCUT2D eigenvalue weighted by Gasteiger charge is -2.09. The van der Waals surface area contributed by atoms with Gasteiger partial charge in [0.05, 0.1) is 12.2 Å². The van der Waals surface area contributed by atoms with Gasteiger partial charge in [0.15, 0.2) is 0 Å². The largest absolute Gasteiger partial charge is 0.494 e. The summed E-state index contributed by atoms with van der Waals surface area (Å²) in [5, 5.41) is 12.4. The van der Waals surface area contributed by atoms with E-state index < -0.39 is 11.2 Å². The Balaban J connectivity index is 1.84. The minimum Gasteiger partial charge on any atom is -0.494 e. The van der Waals surface area contributed by atoms with Crippen molar-refractivity contribution in [1.82, 2.24) is 9.55 Å². The highest BCUT2D eigenvalue weighted by atomic mass is 79.9. The highest BCUT2D eigenvalue weighted by molar-refractivity contribution is 9.10. The first-order valence-electron chi connectivity index (χ1n) is 7.67. The Morgan fingerprint density at radius 2 is 2.15 bits per heavy atom. The number of aromatic amines is 1. The zero-order chi connectivity index (χ0) is 18.3. The molecule has 1 aromatic carbocycles. The fourth-order valence-electron chi connectivity index (χ4n) is 2.74. The van der Waals surface area contributed by atoms with Crippen molar-refractivity contribution in [2.24, 2.45) is 4.99 Å². The minimum absolute atomic E-state index is 0.0235. The molecule has 0 bridgehead atoms. The number of allylic oxidation sites excluding steroid dienone is 1. The molecule has 0 fully saturated rings. The second-order valence-corrected chi connectivity index (χ2v) is 7.63. The summed E-state index contributed by atoms with van der Waals surface area (Å²) in [6, 6.07) is 9.35. The molecule has 26 heavy (non-hydrogen) atoms. The van der Waals surface area contributed by atoms with Gasteiger partial charge in [-0.15, -0.1) is 11.3 Å². The molecule has 0 saturated heterocycles. The standard InChI is InChI=1S/C18H12BrN3O3S/c19-11-3-4-15-13(7-11)10(8-20-15)6-14-16(23)21-18(25)22(17(14)24)9-12-2-1-5-26-12/h1-8,24H,9H2,(H,21,23,25). The number of benzene rings is 1. The van der Waals surface area contributed by atoms with Gasteiger partial charge in [0.2, 0.25) is 5.88 Å². The van der Waals surface area contributed by atoms with Crippen LogP contribution in [0.3, 0.4) is 0 Å². The van der Waals surface area contributed by atoms with Crippen molar-refractivity contribution < 1.29 is 5.11 Å². The molecule has 0 amide bonds. The van der Waals surface area contributed by atoms with Crippen LogP contribution in [0.4, 0.5) is 5.69 Å². The monoisotopic (exact) mass is 429 g/mol. The predicted octanol–water partition coefficient (Wildman–Crippen LogP) is 3.37. The first-order chi connectivity index (χ1) is 12.5. The zero-order valence-corrected chi connectivity index (χ0v) is 15.7. The molecule has 3 heterocycles. The molecular formula is C18H12BrN3O3S. The number of hydrogen-bond donors (Lipinski definition) is 2. The summed E-state index contributed by atoms with van der Waals surface area (Å²) in [5.41, 5.74) is 1.04. The normalized spacial score (nSPS) is 14.1. The van der Waals surface area contributed by atoms with Gasteiger partial charge in [-0.3, -0.25) is 19.3 Å². The van der Waals surface area contributed by atoms with E-state index in [2.05, 4.69) is 25.9 Å². The first kappa shape index (κ1) is 16.7. The van der Waals surface area contributed by atoms with Crippen LogP contribution in [0.15, 0.2) is 54.8 Å². The highest BCUT2D eigenvalue weighted by Crippen LogP contribution is 2.35. The Kier molecular flexibility index (Phi) is 4.21. The van der Waals surface area contributed by atoms with Gasteiger partial charge in [-0.2, -0.15) is 0 Å². The van der Waals surface area contributed by atoms with Crippen LogP contribution in [0.25, 0.3) is 11.6 Å². The second-order valence-electron chi connectivity index (χ2n) is 5.68. The summed E-state index contributed by atoms with van der Waals surface area (Å²) < 4.78 is 2.03. The van der Waals surface area contributed by atoms with Gasteiger partial charge in [-0.25, -0.2) is 4.79 Å². The van der Waals surface area contributed by atoms with E-state index >= 15 is 0 Å².